The number of rotatable bonds is 5. The summed E-state index contributed by atoms with van der Waals surface area (Å²) in [4.78, 5) is 28.6. The van der Waals surface area contributed by atoms with Gasteiger partial charge in [0.25, 0.3) is 0 Å². The molecule has 1 atom stereocenters. The number of carbonyl (C=O) groups excluding carboxylic acids is 2. The van der Waals surface area contributed by atoms with E-state index in [1.807, 2.05) is 56.3 Å². The van der Waals surface area contributed by atoms with E-state index >= 15 is 0 Å². The summed E-state index contributed by atoms with van der Waals surface area (Å²) in [6, 6.07) is 9.52. The average Bonchev–Trinajstić information content (AvgIpc) is 3.01. The Bertz CT molecular complexity index is 1180. The summed E-state index contributed by atoms with van der Waals surface area (Å²) in [7, 11) is 0. The van der Waals surface area contributed by atoms with Crippen LogP contribution in [0.1, 0.15) is 65.9 Å². The van der Waals surface area contributed by atoms with Crippen LogP contribution in [0, 0.1) is 5.41 Å². The van der Waals surface area contributed by atoms with Crippen molar-refractivity contribution >= 4 is 11.7 Å². The van der Waals surface area contributed by atoms with Gasteiger partial charge in [0.15, 0.2) is 5.78 Å². The fourth-order valence-electron chi connectivity index (χ4n) is 5.23. The third-order valence-corrected chi connectivity index (χ3v) is 6.79. The van der Waals surface area contributed by atoms with Crippen LogP contribution in [0.25, 0.3) is 0 Å². The lowest BCUT2D eigenvalue weighted by atomic mass is 9.73. The number of benzene rings is 1. The van der Waals surface area contributed by atoms with Gasteiger partial charge in [0, 0.05) is 24.6 Å². The number of amides is 1. The van der Waals surface area contributed by atoms with Crippen LogP contribution in [-0.2, 0) is 20.9 Å². The quantitative estimate of drug-likeness (QED) is 0.272. The fraction of sp³-hybridized carbons (Fsp3) is 0.375. The van der Waals surface area contributed by atoms with E-state index < -0.39 is 6.04 Å². The second-order valence-corrected chi connectivity index (χ2v) is 10.4. The van der Waals surface area contributed by atoms with E-state index in [2.05, 4.69) is 44.5 Å². The molecular weight excluding hydrogens is 460 g/mol. The predicted molar refractivity (Wildman–Crippen MR) is 150 cm³/mol. The molecule has 0 bridgehead atoms. The third kappa shape index (κ3) is 6.40. The maximum absolute atomic E-state index is 13.6. The van der Waals surface area contributed by atoms with E-state index in [4.69, 9.17) is 4.74 Å². The van der Waals surface area contributed by atoms with Gasteiger partial charge in [-0.2, -0.15) is 0 Å². The molecule has 1 N–H and O–H groups in total. The lowest BCUT2D eigenvalue weighted by Gasteiger charge is -2.37. The van der Waals surface area contributed by atoms with Crippen molar-refractivity contribution in [2.75, 3.05) is 0 Å². The third-order valence-electron chi connectivity index (χ3n) is 6.79. The Hall–Kier alpha value is -3.60. The second-order valence-electron chi connectivity index (χ2n) is 10.4. The molecule has 0 saturated heterocycles. The standard InChI is InChI=1S/C30H36N2O3.C2H4/c1-6-23(16-20(2)35-19-22-12-8-7-9-13-22)29-28-25(17-30(4,5)18-27(28)34)31-24-14-10-11-15-26(24)32(29)21(3)33;1-2/h6-9,12-16,29,31H,10-11,17-19H2,1-5H3;1-2H2/b20-16+,23-6+;. The van der Waals surface area contributed by atoms with Crippen molar-refractivity contribution < 1.29 is 14.3 Å². The van der Waals surface area contributed by atoms with Crippen molar-refractivity contribution in [2.24, 2.45) is 5.41 Å². The van der Waals surface area contributed by atoms with Crippen molar-refractivity contribution in [1.29, 1.82) is 0 Å². The number of nitrogens with zero attached hydrogens (tertiary/aromatic N) is 1. The minimum atomic E-state index is -0.505. The average molecular weight is 501 g/mol. The molecule has 1 unspecified atom stereocenters. The molecule has 0 radical (unpaired) electrons. The van der Waals surface area contributed by atoms with E-state index in [9.17, 15) is 9.59 Å². The number of allylic oxidation sites excluding steroid dienone is 5. The normalized spacial score (nSPS) is 21.3. The Morgan fingerprint density at radius 2 is 1.81 bits per heavy atom. The lowest BCUT2D eigenvalue weighted by molar-refractivity contribution is -0.128. The van der Waals surface area contributed by atoms with E-state index in [0.29, 0.717) is 18.6 Å². The molecule has 5 nitrogen and oxygen atoms in total. The summed E-state index contributed by atoms with van der Waals surface area (Å²) in [6.07, 6.45) is 11.2. The van der Waals surface area contributed by atoms with Gasteiger partial charge in [0.05, 0.1) is 23.2 Å². The predicted octanol–water partition coefficient (Wildman–Crippen LogP) is 6.88. The molecule has 0 fully saturated rings. The van der Waals surface area contributed by atoms with E-state index in [1.54, 1.807) is 11.8 Å². The Kier molecular flexibility index (Phi) is 9.14. The van der Waals surface area contributed by atoms with Crippen LogP contribution >= 0.6 is 0 Å². The molecule has 5 heteroatoms. The van der Waals surface area contributed by atoms with Crippen LogP contribution in [0.2, 0.25) is 0 Å². The van der Waals surface area contributed by atoms with Crippen molar-refractivity contribution in [1.82, 2.24) is 10.2 Å². The largest absolute Gasteiger partial charge is 0.494 e. The van der Waals surface area contributed by atoms with Gasteiger partial charge in [0.2, 0.25) is 5.91 Å². The molecule has 4 rings (SSSR count). The fourth-order valence-corrected chi connectivity index (χ4v) is 5.23. The highest BCUT2D eigenvalue weighted by atomic mass is 16.5. The van der Waals surface area contributed by atoms with Crippen molar-refractivity contribution in [3.8, 4) is 0 Å². The summed E-state index contributed by atoms with van der Waals surface area (Å²) in [5.74, 6) is 0.745. The highest BCUT2D eigenvalue weighted by Crippen LogP contribution is 2.43. The number of fused-ring (bicyclic) bond motifs is 1. The molecule has 1 aliphatic heterocycles. The minimum Gasteiger partial charge on any atom is -0.494 e. The highest BCUT2D eigenvalue weighted by molar-refractivity contribution is 6.00. The van der Waals surface area contributed by atoms with Crippen molar-refractivity contribution in [2.45, 2.75) is 73.0 Å². The van der Waals surface area contributed by atoms with Gasteiger partial charge in [-0.05, 0) is 55.7 Å². The number of Topliss-reactive ketones (excluding diaryl/α,β-unsaturated/α-hetero) is 1. The monoisotopic (exact) mass is 500 g/mol. The van der Waals surface area contributed by atoms with Gasteiger partial charge in [-0.3, -0.25) is 14.5 Å². The summed E-state index contributed by atoms with van der Waals surface area (Å²) >= 11 is 0. The summed E-state index contributed by atoms with van der Waals surface area (Å²) in [5, 5.41) is 3.58. The molecule has 1 amide bonds. The van der Waals surface area contributed by atoms with Crippen LogP contribution in [0.4, 0.5) is 0 Å². The van der Waals surface area contributed by atoms with E-state index in [-0.39, 0.29) is 17.1 Å². The minimum absolute atomic E-state index is 0.0853. The molecular formula is C32H40N2O3. The first-order chi connectivity index (χ1) is 17.7. The zero-order valence-electron chi connectivity index (χ0n) is 22.9. The second kappa shape index (κ2) is 12.1. The summed E-state index contributed by atoms with van der Waals surface area (Å²) < 4.78 is 6.05. The number of hydrogen-bond acceptors (Lipinski definition) is 4. The van der Waals surface area contributed by atoms with Crippen LogP contribution < -0.4 is 5.32 Å². The zero-order valence-corrected chi connectivity index (χ0v) is 22.9. The summed E-state index contributed by atoms with van der Waals surface area (Å²) in [6.45, 7) is 16.2. The van der Waals surface area contributed by atoms with E-state index in [0.717, 1.165) is 53.2 Å². The molecule has 1 aromatic carbocycles. The van der Waals surface area contributed by atoms with E-state index in [1.165, 1.54) is 0 Å². The Balaban J connectivity index is 0.00000186. The zero-order chi connectivity index (χ0) is 27.2. The first kappa shape index (κ1) is 28.0. The van der Waals surface area contributed by atoms with Gasteiger partial charge >= 0.3 is 0 Å². The molecule has 1 heterocycles. The molecule has 0 saturated carbocycles. The van der Waals surface area contributed by atoms with Crippen molar-refractivity contribution in [3.63, 3.8) is 0 Å². The Morgan fingerprint density at radius 3 is 2.46 bits per heavy atom. The smallest absolute Gasteiger partial charge is 0.224 e. The number of hydrogen-bond donors (Lipinski definition) is 1. The number of nitrogens with one attached hydrogen (secondary N) is 1. The Morgan fingerprint density at radius 1 is 1.14 bits per heavy atom. The molecule has 2 aliphatic carbocycles. The van der Waals surface area contributed by atoms with Gasteiger partial charge in [-0.1, -0.05) is 62.4 Å². The molecule has 0 spiro atoms. The Labute approximate surface area is 222 Å². The van der Waals surface area contributed by atoms with Gasteiger partial charge in [-0.25, -0.2) is 0 Å². The molecule has 1 aromatic rings. The van der Waals surface area contributed by atoms with Gasteiger partial charge < -0.3 is 10.1 Å². The first-order valence-corrected chi connectivity index (χ1v) is 12.9. The van der Waals surface area contributed by atoms with Gasteiger partial charge in [0.1, 0.15) is 6.61 Å². The number of ether oxygens (including phenoxy) is 1. The number of carbonyl (C=O) groups is 2. The van der Waals surface area contributed by atoms with Crippen LogP contribution in [0.15, 0.2) is 102 Å². The molecule has 196 valence electrons. The lowest BCUT2D eigenvalue weighted by Crippen LogP contribution is -2.43. The maximum Gasteiger partial charge on any atom is 0.224 e. The van der Waals surface area contributed by atoms with Crippen molar-refractivity contribution in [3.05, 3.63) is 107 Å². The number of ketones is 1. The maximum atomic E-state index is 13.6. The first-order valence-electron chi connectivity index (χ1n) is 12.9. The van der Waals surface area contributed by atoms with Crippen LogP contribution in [0.3, 0.4) is 0 Å². The SMILES string of the molecule is C/C=C(\C=C(/C)OCc1ccccc1)C1C2=C(CC(C)(C)CC2=O)NC2=CCCC=C2N1C(C)=O.C=C. The molecule has 0 aromatic heterocycles. The highest BCUT2D eigenvalue weighted by Gasteiger charge is 2.43. The summed E-state index contributed by atoms with van der Waals surface area (Å²) in [5.41, 5.74) is 5.21. The molecule has 3 aliphatic rings. The topological polar surface area (TPSA) is 58.6 Å². The van der Waals surface area contributed by atoms with Gasteiger partial charge in [-0.15, -0.1) is 13.2 Å². The van der Waals surface area contributed by atoms with Crippen LogP contribution in [-0.4, -0.2) is 22.6 Å². The molecule has 37 heavy (non-hydrogen) atoms. The van der Waals surface area contributed by atoms with Crippen LogP contribution in [0.5, 0.6) is 0 Å².